The Morgan fingerprint density at radius 2 is 1.88 bits per heavy atom. The van der Waals surface area contributed by atoms with Crippen LogP contribution in [0, 0.1) is 0 Å². The molecule has 3 N–H and O–H groups in total. The molecule has 2 rings (SSSR count). The van der Waals surface area contributed by atoms with E-state index in [-0.39, 0.29) is 11.0 Å². The van der Waals surface area contributed by atoms with Crippen LogP contribution in [0.15, 0.2) is 59.1 Å². The number of nitrogens with one attached hydrogen (secondary N) is 2. The molecule has 0 aliphatic heterocycles. The number of benzene rings is 2. The van der Waals surface area contributed by atoms with E-state index in [1.54, 1.807) is 42.5 Å². The standard InChI is InChI=1S/C17H13BrN2O3S/c18-13-5-2-4-12(10-13)16(23)20-17(24)19-14-6-1-3-11(9-14)7-8-15(21)22/h1-10H,(H,21,22)(H2,19,20,23,24)/b8-7+. The topological polar surface area (TPSA) is 78.4 Å². The van der Waals surface area contributed by atoms with Gasteiger partial charge in [0, 0.05) is 21.8 Å². The van der Waals surface area contributed by atoms with Gasteiger partial charge in [0.15, 0.2) is 5.11 Å². The van der Waals surface area contributed by atoms with Gasteiger partial charge < -0.3 is 10.4 Å². The lowest BCUT2D eigenvalue weighted by atomic mass is 10.2. The van der Waals surface area contributed by atoms with Crippen molar-refractivity contribution in [2.45, 2.75) is 0 Å². The molecule has 0 spiro atoms. The summed E-state index contributed by atoms with van der Waals surface area (Å²) in [6, 6.07) is 13.9. The molecule has 122 valence electrons. The van der Waals surface area contributed by atoms with Gasteiger partial charge >= 0.3 is 5.97 Å². The van der Waals surface area contributed by atoms with Gasteiger partial charge in [0.2, 0.25) is 0 Å². The number of hydrogen-bond donors (Lipinski definition) is 3. The Morgan fingerprint density at radius 1 is 1.12 bits per heavy atom. The monoisotopic (exact) mass is 404 g/mol. The summed E-state index contributed by atoms with van der Waals surface area (Å²) in [4.78, 5) is 22.6. The van der Waals surface area contributed by atoms with Gasteiger partial charge in [-0.05, 0) is 54.2 Å². The van der Waals surface area contributed by atoms with E-state index in [0.717, 1.165) is 10.5 Å². The first-order valence-electron chi connectivity index (χ1n) is 6.83. The molecule has 2 aromatic rings. The van der Waals surface area contributed by atoms with Gasteiger partial charge in [0.1, 0.15) is 0 Å². The van der Waals surface area contributed by atoms with Crippen molar-refractivity contribution < 1.29 is 14.7 Å². The van der Waals surface area contributed by atoms with Gasteiger partial charge in [-0.3, -0.25) is 10.1 Å². The second-order valence-electron chi connectivity index (χ2n) is 4.72. The zero-order chi connectivity index (χ0) is 17.5. The third-order valence-corrected chi connectivity index (χ3v) is 3.57. The van der Waals surface area contributed by atoms with Gasteiger partial charge in [-0.15, -0.1) is 0 Å². The predicted octanol–water partition coefficient (Wildman–Crippen LogP) is 3.67. The predicted molar refractivity (Wildman–Crippen MR) is 101 cm³/mol. The molecule has 7 heteroatoms. The van der Waals surface area contributed by atoms with Crippen molar-refractivity contribution in [2.24, 2.45) is 0 Å². The number of anilines is 1. The van der Waals surface area contributed by atoms with E-state index in [1.165, 1.54) is 6.08 Å². The molecule has 0 saturated heterocycles. The van der Waals surface area contributed by atoms with Crippen molar-refractivity contribution >= 4 is 56.9 Å². The Kier molecular flexibility index (Phi) is 6.22. The molecule has 5 nitrogen and oxygen atoms in total. The van der Waals surface area contributed by atoms with Crippen molar-refractivity contribution in [2.75, 3.05) is 5.32 Å². The molecule has 0 aromatic heterocycles. The van der Waals surface area contributed by atoms with Crippen molar-refractivity contribution in [3.05, 3.63) is 70.2 Å². The Balaban J connectivity index is 2.01. The fraction of sp³-hybridized carbons (Fsp3) is 0. The van der Waals surface area contributed by atoms with Crippen molar-refractivity contribution in [3.8, 4) is 0 Å². The van der Waals surface area contributed by atoms with Crippen molar-refractivity contribution in [1.29, 1.82) is 0 Å². The van der Waals surface area contributed by atoms with Crippen LogP contribution < -0.4 is 10.6 Å². The zero-order valence-electron chi connectivity index (χ0n) is 12.3. The van der Waals surface area contributed by atoms with E-state index >= 15 is 0 Å². The quantitative estimate of drug-likeness (QED) is 0.535. The largest absolute Gasteiger partial charge is 0.478 e. The van der Waals surface area contributed by atoms with Crippen LogP contribution in [0.25, 0.3) is 6.08 Å². The first kappa shape index (κ1) is 17.8. The third-order valence-electron chi connectivity index (χ3n) is 2.88. The summed E-state index contributed by atoms with van der Waals surface area (Å²) in [5.74, 6) is -1.35. The molecule has 0 bridgehead atoms. The Labute approximate surface area is 152 Å². The van der Waals surface area contributed by atoms with Crippen LogP contribution in [0.1, 0.15) is 15.9 Å². The number of carboxylic acids is 1. The summed E-state index contributed by atoms with van der Waals surface area (Å²) in [6.07, 6.45) is 2.52. The molecule has 0 fully saturated rings. The number of rotatable bonds is 4. The number of thiocarbonyl (C=S) groups is 1. The van der Waals surface area contributed by atoms with Gasteiger partial charge in [-0.2, -0.15) is 0 Å². The SMILES string of the molecule is O=C(O)/C=C/c1cccc(NC(=S)NC(=O)c2cccc(Br)c2)c1. The Morgan fingerprint density at radius 3 is 2.58 bits per heavy atom. The minimum Gasteiger partial charge on any atom is -0.478 e. The first-order valence-corrected chi connectivity index (χ1v) is 8.03. The first-order chi connectivity index (χ1) is 11.4. The highest BCUT2D eigenvalue weighted by atomic mass is 79.9. The molecule has 0 heterocycles. The molecule has 0 radical (unpaired) electrons. The fourth-order valence-electron chi connectivity index (χ4n) is 1.85. The summed E-state index contributed by atoms with van der Waals surface area (Å²) in [6.45, 7) is 0. The highest BCUT2D eigenvalue weighted by molar-refractivity contribution is 9.10. The van der Waals surface area contributed by atoms with E-state index in [2.05, 4.69) is 26.6 Å². The average molecular weight is 405 g/mol. The highest BCUT2D eigenvalue weighted by Gasteiger charge is 2.08. The lowest BCUT2D eigenvalue weighted by Gasteiger charge is -2.10. The lowest BCUT2D eigenvalue weighted by Crippen LogP contribution is -2.34. The molecule has 1 amide bonds. The van der Waals surface area contributed by atoms with Crippen LogP contribution in [0.5, 0.6) is 0 Å². The van der Waals surface area contributed by atoms with Crippen LogP contribution in [0.2, 0.25) is 0 Å². The summed E-state index contributed by atoms with van der Waals surface area (Å²) in [5, 5.41) is 14.3. The molecule has 0 unspecified atom stereocenters. The van der Waals surface area contributed by atoms with Crippen LogP contribution >= 0.6 is 28.1 Å². The second kappa shape index (κ2) is 8.37. The van der Waals surface area contributed by atoms with Gasteiger partial charge in [0.25, 0.3) is 5.91 Å². The van der Waals surface area contributed by atoms with Crippen molar-refractivity contribution in [1.82, 2.24) is 5.32 Å². The molecular weight excluding hydrogens is 392 g/mol. The third kappa shape index (κ3) is 5.60. The molecule has 0 saturated carbocycles. The molecule has 2 aromatic carbocycles. The van der Waals surface area contributed by atoms with E-state index in [1.807, 2.05) is 6.07 Å². The molecule has 0 aliphatic rings. The maximum atomic E-state index is 12.1. The lowest BCUT2D eigenvalue weighted by molar-refractivity contribution is -0.131. The van der Waals surface area contributed by atoms with E-state index in [9.17, 15) is 9.59 Å². The maximum absolute atomic E-state index is 12.1. The maximum Gasteiger partial charge on any atom is 0.328 e. The Hall–Kier alpha value is -2.51. The van der Waals surface area contributed by atoms with Gasteiger partial charge in [0.05, 0.1) is 0 Å². The van der Waals surface area contributed by atoms with Crippen LogP contribution in [0.4, 0.5) is 5.69 Å². The van der Waals surface area contributed by atoms with Crippen molar-refractivity contribution in [3.63, 3.8) is 0 Å². The van der Waals surface area contributed by atoms with E-state index in [0.29, 0.717) is 16.8 Å². The number of carbonyl (C=O) groups excluding carboxylic acids is 1. The molecule has 0 atom stereocenters. The summed E-state index contributed by atoms with van der Waals surface area (Å²) < 4.78 is 0.798. The minimum absolute atomic E-state index is 0.152. The minimum atomic E-state index is -1.02. The number of aliphatic carboxylic acids is 1. The Bertz CT molecular complexity index is 821. The molecule has 24 heavy (non-hydrogen) atoms. The number of carboxylic acid groups (broad SMARTS) is 1. The van der Waals surface area contributed by atoms with Crippen LogP contribution in [-0.2, 0) is 4.79 Å². The molecular formula is C17H13BrN2O3S. The normalized spacial score (nSPS) is 10.4. The van der Waals surface area contributed by atoms with Gasteiger partial charge in [-0.1, -0.05) is 34.1 Å². The van der Waals surface area contributed by atoms with E-state index < -0.39 is 5.97 Å². The number of amides is 1. The smallest absolute Gasteiger partial charge is 0.328 e. The number of hydrogen-bond acceptors (Lipinski definition) is 3. The number of carbonyl (C=O) groups is 2. The zero-order valence-corrected chi connectivity index (χ0v) is 14.7. The number of halogens is 1. The average Bonchev–Trinajstić information content (AvgIpc) is 2.53. The van der Waals surface area contributed by atoms with E-state index in [4.69, 9.17) is 17.3 Å². The summed E-state index contributed by atoms with van der Waals surface area (Å²) in [7, 11) is 0. The summed E-state index contributed by atoms with van der Waals surface area (Å²) in [5.41, 5.74) is 1.82. The van der Waals surface area contributed by atoms with Gasteiger partial charge in [-0.25, -0.2) is 4.79 Å². The van der Waals surface area contributed by atoms with Crippen LogP contribution in [-0.4, -0.2) is 22.1 Å². The second-order valence-corrected chi connectivity index (χ2v) is 6.04. The summed E-state index contributed by atoms with van der Waals surface area (Å²) >= 11 is 8.43. The molecule has 0 aliphatic carbocycles. The van der Waals surface area contributed by atoms with Crippen LogP contribution in [0.3, 0.4) is 0 Å². The highest BCUT2D eigenvalue weighted by Crippen LogP contribution is 2.13. The fourth-order valence-corrected chi connectivity index (χ4v) is 2.46.